The summed E-state index contributed by atoms with van der Waals surface area (Å²) in [5.41, 5.74) is -1.76. The van der Waals surface area contributed by atoms with Crippen LogP contribution in [-0.4, -0.2) is 55.6 Å². The van der Waals surface area contributed by atoms with E-state index >= 15 is 0 Å². The van der Waals surface area contributed by atoms with Crippen LogP contribution in [0.2, 0.25) is 5.02 Å². The molecular weight excluding hydrogens is 542 g/mol. The third kappa shape index (κ3) is 11.0. The number of aromatic nitrogens is 1. The summed E-state index contributed by atoms with van der Waals surface area (Å²) in [5, 5.41) is 29.1. The third-order valence-corrected chi connectivity index (χ3v) is 5.36. The number of hydrogen-bond donors (Lipinski definition) is 3. The zero-order chi connectivity index (χ0) is 31.1. The van der Waals surface area contributed by atoms with Crippen LogP contribution in [0.4, 0.5) is 0 Å². The van der Waals surface area contributed by atoms with Gasteiger partial charge in [-0.25, -0.2) is 4.79 Å². The lowest BCUT2D eigenvalue weighted by molar-refractivity contribution is -0.419. The lowest BCUT2D eigenvalue weighted by Crippen LogP contribution is -2.38. The van der Waals surface area contributed by atoms with Crippen LogP contribution in [0.5, 0.6) is 5.75 Å². The molecule has 0 bridgehead atoms. The van der Waals surface area contributed by atoms with Crippen molar-refractivity contribution in [3.05, 3.63) is 51.4 Å². The lowest BCUT2D eigenvalue weighted by atomic mass is 9.96. The molecule has 1 aromatic heterocycles. The van der Waals surface area contributed by atoms with Gasteiger partial charge in [0.1, 0.15) is 11.6 Å². The number of esters is 1. The quantitative estimate of drug-likeness (QED) is 0.203. The molecule has 2 rings (SSSR count). The molecule has 1 heterocycles. The molecular formula is C29H42ClNO9. The number of benzene rings is 1. The maximum Gasteiger partial charge on any atom is 0.453 e. The van der Waals surface area contributed by atoms with Crippen molar-refractivity contribution in [1.82, 2.24) is 4.57 Å². The minimum absolute atomic E-state index is 0.0319. The number of aliphatic hydroxyl groups is 3. The predicted molar refractivity (Wildman–Crippen MR) is 152 cm³/mol. The van der Waals surface area contributed by atoms with E-state index in [1.165, 1.54) is 18.2 Å². The van der Waals surface area contributed by atoms with Gasteiger partial charge in [0, 0.05) is 41.7 Å². The Morgan fingerprint density at radius 2 is 1.57 bits per heavy atom. The van der Waals surface area contributed by atoms with Gasteiger partial charge in [-0.1, -0.05) is 32.4 Å². The molecule has 0 amide bonds. The van der Waals surface area contributed by atoms with E-state index in [-0.39, 0.29) is 46.9 Å². The number of nitrogens with zero attached hydrogens (tertiary/aromatic N) is 1. The summed E-state index contributed by atoms with van der Waals surface area (Å²) in [6.07, 6.45) is -2.42. The second-order valence-electron chi connectivity index (χ2n) is 10.7. The molecule has 2 aromatic rings. The van der Waals surface area contributed by atoms with Crippen LogP contribution in [0.1, 0.15) is 91.6 Å². The van der Waals surface area contributed by atoms with Gasteiger partial charge >= 0.3 is 12.1 Å². The molecule has 0 radical (unpaired) electrons. The van der Waals surface area contributed by atoms with Crippen LogP contribution >= 0.6 is 11.6 Å². The highest BCUT2D eigenvalue weighted by atomic mass is 35.5. The Bertz CT molecular complexity index is 1220. The molecule has 10 nitrogen and oxygen atoms in total. The molecule has 3 N–H and O–H groups in total. The number of ketones is 1. The van der Waals surface area contributed by atoms with Gasteiger partial charge in [0.25, 0.3) is 5.56 Å². The highest BCUT2D eigenvalue weighted by molar-refractivity contribution is 6.31. The van der Waals surface area contributed by atoms with Crippen molar-refractivity contribution in [2.24, 2.45) is 0 Å². The molecule has 224 valence electrons. The molecule has 40 heavy (non-hydrogen) atoms. The lowest BCUT2D eigenvalue weighted by Gasteiger charge is -2.27. The molecule has 1 aromatic carbocycles. The second kappa shape index (κ2) is 14.2. The topological polar surface area (TPSA) is 145 Å². The zero-order valence-electron chi connectivity index (χ0n) is 24.7. The normalized spacial score (nSPS) is 12.7. The van der Waals surface area contributed by atoms with E-state index in [0.29, 0.717) is 0 Å². The van der Waals surface area contributed by atoms with Crippen LogP contribution < -0.4 is 10.3 Å². The molecule has 0 spiro atoms. The predicted octanol–water partition coefficient (Wildman–Crippen LogP) is 4.84. The van der Waals surface area contributed by atoms with Gasteiger partial charge in [0.2, 0.25) is 0 Å². The first-order valence-corrected chi connectivity index (χ1v) is 13.5. The van der Waals surface area contributed by atoms with Crippen molar-refractivity contribution in [3.8, 4) is 16.9 Å². The van der Waals surface area contributed by atoms with Crippen molar-refractivity contribution < 1.29 is 39.1 Å². The number of carbonyl (C=O) groups excluding carboxylic acids is 2. The van der Waals surface area contributed by atoms with E-state index in [9.17, 15) is 29.7 Å². The number of carbonyl (C=O) groups is 2. The fraction of sp³-hybridized carbons (Fsp3) is 0.552. The Morgan fingerprint density at radius 1 is 0.975 bits per heavy atom. The van der Waals surface area contributed by atoms with Gasteiger partial charge in [-0.3, -0.25) is 14.2 Å². The molecule has 1 atom stereocenters. The Balaban J connectivity index is 0.00000391. The summed E-state index contributed by atoms with van der Waals surface area (Å²) in [5.74, 6) is -1.42. The van der Waals surface area contributed by atoms with Crippen molar-refractivity contribution in [2.45, 2.75) is 98.6 Å². The Hall–Kier alpha value is -2.76. The first-order valence-electron chi connectivity index (χ1n) is 13.1. The Kier molecular flexibility index (Phi) is 12.5. The molecule has 0 aliphatic heterocycles. The van der Waals surface area contributed by atoms with Gasteiger partial charge in [0.15, 0.2) is 11.5 Å². The summed E-state index contributed by atoms with van der Waals surface area (Å²) < 4.78 is 17.2. The summed E-state index contributed by atoms with van der Waals surface area (Å²) in [7, 11) is 0. The fourth-order valence-corrected chi connectivity index (χ4v) is 3.77. The number of rotatable bonds is 10. The van der Waals surface area contributed by atoms with E-state index in [4.69, 9.17) is 25.8 Å². The number of halogens is 1. The van der Waals surface area contributed by atoms with E-state index in [1.807, 2.05) is 34.6 Å². The smallest absolute Gasteiger partial charge is 0.453 e. The zero-order valence-corrected chi connectivity index (χ0v) is 25.5. The van der Waals surface area contributed by atoms with Gasteiger partial charge < -0.3 is 29.5 Å². The van der Waals surface area contributed by atoms with Crippen molar-refractivity contribution in [2.75, 3.05) is 6.61 Å². The molecule has 0 aliphatic carbocycles. The maximum absolute atomic E-state index is 13.4. The van der Waals surface area contributed by atoms with Crippen molar-refractivity contribution in [1.29, 1.82) is 0 Å². The summed E-state index contributed by atoms with van der Waals surface area (Å²) >= 11 is 6.16. The van der Waals surface area contributed by atoms with Crippen molar-refractivity contribution in [3.63, 3.8) is 0 Å². The highest BCUT2D eigenvalue weighted by Gasteiger charge is 2.31. The van der Waals surface area contributed by atoms with Crippen LogP contribution in [-0.2, 0) is 14.3 Å². The summed E-state index contributed by atoms with van der Waals surface area (Å²) in [6, 6.07) is 4.24. The number of Topliss-reactive ketones (excluding diaryl/α,β-unsaturated/α-hetero) is 1. The fourth-order valence-electron chi connectivity index (χ4n) is 3.60. The average Bonchev–Trinajstić information content (AvgIpc) is 2.81. The molecule has 0 saturated carbocycles. The summed E-state index contributed by atoms with van der Waals surface area (Å²) in [6.45, 7) is 16.3. The average molecular weight is 584 g/mol. The molecule has 1 unspecified atom stereocenters. The van der Waals surface area contributed by atoms with Crippen LogP contribution in [0.25, 0.3) is 11.1 Å². The van der Waals surface area contributed by atoms with Crippen LogP contribution in [0.15, 0.2) is 35.3 Å². The number of pyridine rings is 1. The van der Waals surface area contributed by atoms with Gasteiger partial charge in [-0.2, -0.15) is 0 Å². The van der Waals surface area contributed by atoms with E-state index in [1.54, 1.807) is 27.7 Å². The van der Waals surface area contributed by atoms with E-state index in [0.717, 1.165) is 16.8 Å². The van der Waals surface area contributed by atoms with Gasteiger partial charge in [-0.15, -0.1) is 0 Å². The Morgan fingerprint density at radius 3 is 2.08 bits per heavy atom. The van der Waals surface area contributed by atoms with Crippen LogP contribution in [0, 0.1) is 0 Å². The maximum atomic E-state index is 13.4. The SMILES string of the molecule is CC.CCC(=O)c1ccc(Cl)cc1-c1cc(=O)n(C(CCOC(C)(C)C)C(=O)OC(C)(C)C)cc1OC(O)(O)O. The van der Waals surface area contributed by atoms with Crippen LogP contribution in [0.3, 0.4) is 0 Å². The molecule has 0 aliphatic rings. The van der Waals surface area contributed by atoms with Crippen molar-refractivity contribution >= 4 is 23.4 Å². The summed E-state index contributed by atoms with van der Waals surface area (Å²) in [4.78, 5) is 39.2. The number of ether oxygens (including phenoxy) is 3. The first kappa shape index (κ1) is 35.3. The largest absolute Gasteiger partial charge is 0.458 e. The Labute approximate surface area is 240 Å². The highest BCUT2D eigenvalue weighted by Crippen LogP contribution is 2.36. The standard InChI is InChI=1S/C27H36ClNO9.C2H6/c1-8-21(30)17-10-9-16(28)13-18(17)19-14-23(31)29(15-22(19)37-27(33,34)35)20(11-12-36-25(2,3)4)24(32)38-26(5,6)7;1-2/h9-10,13-15,20,33-35H,8,11-12H2,1-7H3;1-2H3. The second-order valence-corrected chi connectivity index (χ2v) is 11.2. The van der Waals surface area contributed by atoms with Gasteiger partial charge in [-0.05, 0) is 65.3 Å². The molecule has 0 fully saturated rings. The molecule has 0 saturated heterocycles. The van der Waals surface area contributed by atoms with E-state index < -0.39 is 40.7 Å². The molecule has 11 heteroatoms. The first-order chi connectivity index (χ1) is 18.3. The minimum atomic E-state index is -3.64. The third-order valence-electron chi connectivity index (χ3n) is 5.13. The van der Waals surface area contributed by atoms with Gasteiger partial charge in [0.05, 0.1) is 11.8 Å². The minimum Gasteiger partial charge on any atom is -0.458 e. The number of hydrogen-bond acceptors (Lipinski definition) is 9. The van der Waals surface area contributed by atoms with E-state index in [2.05, 4.69) is 0 Å². The monoisotopic (exact) mass is 583 g/mol.